The van der Waals surface area contributed by atoms with Crippen LogP contribution in [0.25, 0.3) is 5.69 Å². The number of hydrogen-bond donors (Lipinski definition) is 1. The molecule has 136 valence electrons. The molecular formula is C19H21ClN4O2. The van der Waals surface area contributed by atoms with E-state index in [-0.39, 0.29) is 23.7 Å². The van der Waals surface area contributed by atoms with Gasteiger partial charge in [-0.05, 0) is 37.8 Å². The minimum Gasteiger partial charge on any atom is -0.342 e. The van der Waals surface area contributed by atoms with Crippen LogP contribution in [0.15, 0.2) is 36.7 Å². The second-order valence-electron chi connectivity index (χ2n) is 7.01. The molecule has 26 heavy (non-hydrogen) atoms. The highest BCUT2D eigenvalue weighted by Crippen LogP contribution is 2.32. The second kappa shape index (κ2) is 7.11. The highest BCUT2D eigenvalue weighted by molar-refractivity contribution is 6.32. The number of para-hydroxylation sites is 1. The number of aromatic nitrogens is 2. The Morgan fingerprint density at radius 3 is 2.73 bits per heavy atom. The lowest BCUT2D eigenvalue weighted by Gasteiger charge is -2.32. The molecule has 2 fully saturated rings. The van der Waals surface area contributed by atoms with Gasteiger partial charge in [0.05, 0.1) is 34.7 Å². The maximum absolute atomic E-state index is 12.6. The Kier molecular flexibility index (Phi) is 4.68. The summed E-state index contributed by atoms with van der Waals surface area (Å²) in [6, 6.07) is 7.40. The van der Waals surface area contributed by atoms with Crippen molar-refractivity contribution in [3.05, 3.63) is 41.7 Å². The summed E-state index contributed by atoms with van der Waals surface area (Å²) in [6.45, 7) is 1.28. The van der Waals surface area contributed by atoms with Crippen LogP contribution in [0.3, 0.4) is 0 Å². The van der Waals surface area contributed by atoms with E-state index < -0.39 is 0 Å². The SMILES string of the molecule is O=C(Nc1cnn(-c2ccccc2Cl)c1)C1CCCN(C(=O)C2CC2)C1. The first-order valence-electron chi connectivity index (χ1n) is 9.01. The number of benzene rings is 1. The largest absolute Gasteiger partial charge is 0.342 e. The molecular weight excluding hydrogens is 352 g/mol. The first-order valence-corrected chi connectivity index (χ1v) is 9.39. The molecule has 2 aliphatic rings. The van der Waals surface area contributed by atoms with Crippen molar-refractivity contribution >= 4 is 29.1 Å². The summed E-state index contributed by atoms with van der Waals surface area (Å²) in [5, 5.41) is 7.79. The lowest BCUT2D eigenvalue weighted by atomic mass is 9.96. The number of hydrogen-bond acceptors (Lipinski definition) is 3. The predicted octanol–water partition coefficient (Wildman–Crippen LogP) is 3.11. The molecule has 4 rings (SSSR count). The van der Waals surface area contributed by atoms with Gasteiger partial charge in [0, 0.05) is 19.0 Å². The molecule has 1 aromatic heterocycles. The van der Waals surface area contributed by atoms with Crippen LogP contribution in [0.5, 0.6) is 0 Å². The number of likely N-dealkylation sites (tertiary alicyclic amines) is 1. The third kappa shape index (κ3) is 3.60. The zero-order valence-electron chi connectivity index (χ0n) is 14.4. The van der Waals surface area contributed by atoms with Crippen molar-refractivity contribution in [1.29, 1.82) is 0 Å². The second-order valence-corrected chi connectivity index (χ2v) is 7.42. The Morgan fingerprint density at radius 2 is 1.96 bits per heavy atom. The molecule has 1 saturated heterocycles. The fraction of sp³-hybridized carbons (Fsp3) is 0.421. The van der Waals surface area contributed by atoms with Crippen LogP contribution in [0.1, 0.15) is 25.7 Å². The lowest BCUT2D eigenvalue weighted by molar-refractivity contribution is -0.135. The quantitative estimate of drug-likeness (QED) is 0.896. The summed E-state index contributed by atoms with van der Waals surface area (Å²) in [5.74, 6) is 0.187. The lowest BCUT2D eigenvalue weighted by Crippen LogP contribution is -2.44. The first kappa shape index (κ1) is 17.1. The Bertz CT molecular complexity index is 830. The van der Waals surface area contributed by atoms with Crippen molar-refractivity contribution in [2.75, 3.05) is 18.4 Å². The molecule has 2 aromatic rings. The Hall–Kier alpha value is -2.34. The molecule has 1 saturated carbocycles. The monoisotopic (exact) mass is 372 g/mol. The van der Waals surface area contributed by atoms with Crippen LogP contribution < -0.4 is 5.32 Å². The zero-order valence-corrected chi connectivity index (χ0v) is 15.2. The summed E-state index contributed by atoms with van der Waals surface area (Å²) >= 11 is 6.19. The summed E-state index contributed by atoms with van der Waals surface area (Å²) in [5.41, 5.74) is 1.38. The molecule has 2 amide bonds. The number of nitrogens with one attached hydrogen (secondary N) is 1. The molecule has 2 heterocycles. The fourth-order valence-electron chi connectivity index (χ4n) is 3.38. The summed E-state index contributed by atoms with van der Waals surface area (Å²) in [4.78, 5) is 26.7. The fourth-order valence-corrected chi connectivity index (χ4v) is 3.60. The van der Waals surface area contributed by atoms with Gasteiger partial charge in [0.2, 0.25) is 11.8 Å². The van der Waals surface area contributed by atoms with Gasteiger partial charge < -0.3 is 10.2 Å². The number of rotatable bonds is 4. The van der Waals surface area contributed by atoms with Crippen LogP contribution in [-0.2, 0) is 9.59 Å². The molecule has 0 spiro atoms. The number of carbonyl (C=O) groups is 2. The zero-order chi connectivity index (χ0) is 18.1. The highest BCUT2D eigenvalue weighted by atomic mass is 35.5. The summed E-state index contributed by atoms with van der Waals surface area (Å²) in [7, 11) is 0. The van der Waals surface area contributed by atoms with Gasteiger partial charge in [-0.25, -0.2) is 4.68 Å². The molecule has 6 nitrogen and oxygen atoms in total. The molecule has 1 unspecified atom stereocenters. The van der Waals surface area contributed by atoms with Crippen LogP contribution in [0.2, 0.25) is 5.02 Å². The van der Waals surface area contributed by atoms with E-state index in [0.29, 0.717) is 17.3 Å². The first-order chi connectivity index (χ1) is 12.6. The minimum atomic E-state index is -0.171. The highest BCUT2D eigenvalue weighted by Gasteiger charge is 2.36. The van der Waals surface area contributed by atoms with E-state index in [1.165, 1.54) is 0 Å². The van der Waals surface area contributed by atoms with E-state index in [1.54, 1.807) is 23.1 Å². The number of carbonyl (C=O) groups excluding carboxylic acids is 2. The average Bonchev–Trinajstić information content (AvgIpc) is 3.41. The molecule has 0 bridgehead atoms. The van der Waals surface area contributed by atoms with Crippen molar-refractivity contribution < 1.29 is 9.59 Å². The van der Waals surface area contributed by atoms with Gasteiger partial charge >= 0.3 is 0 Å². The third-order valence-electron chi connectivity index (χ3n) is 4.98. The molecule has 0 radical (unpaired) electrons. The average molecular weight is 373 g/mol. The number of nitrogens with zero attached hydrogens (tertiary/aromatic N) is 3. The van der Waals surface area contributed by atoms with Gasteiger partial charge in [0.1, 0.15) is 0 Å². The van der Waals surface area contributed by atoms with Crippen LogP contribution in [0.4, 0.5) is 5.69 Å². The Balaban J connectivity index is 1.40. The van der Waals surface area contributed by atoms with Gasteiger partial charge in [-0.15, -0.1) is 0 Å². The number of halogens is 1. The number of piperidine rings is 1. The Morgan fingerprint density at radius 1 is 1.15 bits per heavy atom. The van der Waals surface area contributed by atoms with Crippen molar-refractivity contribution in [3.63, 3.8) is 0 Å². The maximum atomic E-state index is 12.6. The normalized spacial score (nSPS) is 20.0. The van der Waals surface area contributed by atoms with E-state index in [2.05, 4.69) is 10.4 Å². The Labute approximate surface area is 157 Å². The van der Waals surface area contributed by atoms with Crippen LogP contribution in [0, 0.1) is 11.8 Å². The van der Waals surface area contributed by atoms with E-state index in [9.17, 15) is 9.59 Å². The van der Waals surface area contributed by atoms with Crippen LogP contribution in [-0.4, -0.2) is 39.6 Å². The summed E-state index contributed by atoms with van der Waals surface area (Å²) in [6.07, 6.45) is 7.02. The summed E-state index contributed by atoms with van der Waals surface area (Å²) < 4.78 is 1.64. The van der Waals surface area contributed by atoms with Gasteiger partial charge in [-0.1, -0.05) is 23.7 Å². The standard InChI is InChI=1S/C19H21ClN4O2/c20-16-5-1-2-6-17(16)24-12-15(10-21-24)22-18(25)14-4-3-9-23(11-14)19(26)13-7-8-13/h1-2,5-6,10,12-14H,3-4,7-9,11H2,(H,22,25). The maximum Gasteiger partial charge on any atom is 0.229 e. The van der Waals surface area contributed by atoms with Crippen molar-refractivity contribution in [1.82, 2.24) is 14.7 Å². The molecule has 1 N–H and O–H groups in total. The third-order valence-corrected chi connectivity index (χ3v) is 5.30. The van der Waals surface area contributed by atoms with Gasteiger partial charge in [0.25, 0.3) is 0 Å². The van der Waals surface area contributed by atoms with Crippen molar-refractivity contribution in [2.24, 2.45) is 11.8 Å². The van der Waals surface area contributed by atoms with Crippen molar-refractivity contribution in [2.45, 2.75) is 25.7 Å². The van der Waals surface area contributed by atoms with Crippen LogP contribution >= 0.6 is 11.6 Å². The molecule has 7 heteroatoms. The van der Waals surface area contributed by atoms with Gasteiger partial charge in [-0.2, -0.15) is 5.10 Å². The molecule has 1 aliphatic heterocycles. The van der Waals surface area contributed by atoms with Gasteiger partial charge in [-0.3, -0.25) is 9.59 Å². The smallest absolute Gasteiger partial charge is 0.229 e. The molecule has 1 atom stereocenters. The molecule has 1 aliphatic carbocycles. The predicted molar refractivity (Wildman–Crippen MR) is 99.2 cm³/mol. The van der Waals surface area contributed by atoms with E-state index in [1.807, 2.05) is 23.1 Å². The van der Waals surface area contributed by atoms with E-state index >= 15 is 0 Å². The minimum absolute atomic E-state index is 0.0583. The van der Waals surface area contributed by atoms with E-state index in [0.717, 1.165) is 37.9 Å². The number of anilines is 1. The van der Waals surface area contributed by atoms with E-state index in [4.69, 9.17) is 11.6 Å². The van der Waals surface area contributed by atoms with Gasteiger partial charge in [0.15, 0.2) is 0 Å². The molecule has 1 aromatic carbocycles. The topological polar surface area (TPSA) is 67.2 Å². The van der Waals surface area contributed by atoms with Crippen molar-refractivity contribution in [3.8, 4) is 5.69 Å². The number of amides is 2.